The molecule has 0 aliphatic rings. The number of hydrogen-bond acceptors (Lipinski definition) is 3. The SMILES string of the molecule is C=C(/C(=C\C(C=O)=NC)Cc1ccc(-c2ccn(C)n2)cc1)C(F)F. The zero-order valence-corrected chi connectivity index (χ0v) is 14.1. The van der Waals surface area contributed by atoms with E-state index < -0.39 is 6.43 Å². The summed E-state index contributed by atoms with van der Waals surface area (Å²) in [5.41, 5.74) is 2.68. The molecule has 2 rings (SSSR count). The first-order chi connectivity index (χ1) is 11.9. The third-order valence-electron chi connectivity index (χ3n) is 3.73. The number of halogens is 2. The zero-order valence-electron chi connectivity index (χ0n) is 14.1. The standard InChI is InChI=1S/C19H19F2N3O/c1-13(19(20)21)16(11-17(12-25)22-2)10-14-4-6-15(7-5-14)18-8-9-24(3)23-18/h4-9,11-12,19H,1,10H2,2-3H3/b16-11-,22-17?. The van der Waals surface area contributed by atoms with E-state index in [-0.39, 0.29) is 23.3 Å². The van der Waals surface area contributed by atoms with E-state index in [1.54, 1.807) is 4.68 Å². The molecule has 0 amide bonds. The van der Waals surface area contributed by atoms with Crippen LogP contribution in [-0.4, -0.2) is 35.3 Å². The van der Waals surface area contributed by atoms with E-state index in [9.17, 15) is 13.6 Å². The smallest absolute Gasteiger partial charge is 0.263 e. The Kier molecular flexibility index (Phi) is 6.11. The molecule has 0 spiro atoms. The first-order valence-corrected chi connectivity index (χ1v) is 7.63. The highest BCUT2D eigenvalue weighted by Gasteiger charge is 2.15. The molecule has 0 unspecified atom stereocenters. The van der Waals surface area contributed by atoms with Crippen LogP contribution in [0.5, 0.6) is 0 Å². The monoisotopic (exact) mass is 343 g/mol. The molecule has 2 aromatic rings. The van der Waals surface area contributed by atoms with Crippen LogP contribution in [0.15, 0.2) is 65.3 Å². The van der Waals surface area contributed by atoms with Crippen LogP contribution in [0.25, 0.3) is 11.3 Å². The fourth-order valence-corrected chi connectivity index (χ4v) is 2.31. The minimum Gasteiger partial charge on any atom is -0.296 e. The quantitative estimate of drug-likeness (QED) is 0.438. The number of carbonyl (C=O) groups excluding carboxylic acids is 1. The van der Waals surface area contributed by atoms with Gasteiger partial charge >= 0.3 is 0 Å². The van der Waals surface area contributed by atoms with Gasteiger partial charge in [-0.1, -0.05) is 30.8 Å². The third kappa shape index (κ3) is 4.79. The molecule has 1 heterocycles. The predicted octanol–water partition coefficient (Wildman–Crippen LogP) is 3.65. The van der Waals surface area contributed by atoms with Crippen molar-refractivity contribution in [2.75, 3.05) is 7.05 Å². The number of aliphatic imine (C=N–C) groups is 1. The highest BCUT2D eigenvalue weighted by atomic mass is 19.3. The maximum Gasteiger partial charge on any atom is 0.263 e. The van der Waals surface area contributed by atoms with Gasteiger partial charge in [-0.05, 0) is 29.7 Å². The summed E-state index contributed by atoms with van der Waals surface area (Å²) >= 11 is 0. The molecule has 0 N–H and O–H groups in total. The van der Waals surface area contributed by atoms with E-state index >= 15 is 0 Å². The Hall–Kier alpha value is -2.89. The fourth-order valence-electron chi connectivity index (χ4n) is 2.31. The lowest BCUT2D eigenvalue weighted by Crippen LogP contribution is -2.06. The Balaban J connectivity index is 2.26. The van der Waals surface area contributed by atoms with Crippen LogP contribution >= 0.6 is 0 Å². The maximum atomic E-state index is 13.0. The van der Waals surface area contributed by atoms with Crippen molar-refractivity contribution in [3.63, 3.8) is 0 Å². The molecule has 0 radical (unpaired) electrons. The van der Waals surface area contributed by atoms with Gasteiger partial charge in [-0.3, -0.25) is 14.5 Å². The maximum absolute atomic E-state index is 13.0. The second kappa shape index (κ2) is 8.28. The molecule has 0 aliphatic heterocycles. The van der Waals surface area contributed by atoms with Crippen molar-refractivity contribution in [1.29, 1.82) is 0 Å². The van der Waals surface area contributed by atoms with Crippen LogP contribution in [0.3, 0.4) is 0 Å². The normalized spacial score (nSPS) is 12.5. The summed E-state index contributed by atoms with van der Waals surface area (Å²) in [5, 5.41) is 4.32. The van der Waals surface area contributed by atoms with Gasteiger partial charge in [-0.25, -0.2) is 8.78 Å². The van der Waals surface area contributed by atoms with Crippen molar-refractivity contribution in [2.24, 2.45) is 12.0 Å². The van der Waals surface area contributed by atoms with E-state index in [4.69, 9.17) is 0 Å². The van der Waals surface area contributed by atoms with Gasteiger partial charge < -0.3 is 0 Å². The van der Waals surface area contributed by atoms with Crippen molar-refractivity contribution in [3.05, 3.63) is 65.9 Å². The first-order valence-electron chi connectivity index (χ1n) is 7.63. The average molecular weight is 343 g/mol. The number of hydrogen-bond donors (Lipinski definition) is 0. The number of aryl methyl sites for hydroxylation is 1. The van der Waals surface area contributed by atoms with Crippen molar-refractivity contribution in [2.45, 2.75) is 12.8 Å². The molecule has 130 valence electrons. The number of nitrogens with zero attached hydrogens (tertiary/aromatic N) is 3. The molecule has 0 aliphatic carbocycles. The fraction of sp³-hybridized carbons (Fsp3) is 0.211. The Morgan fingerprint density at radius 2 is 2.00 bits per heavy atom. The highest BCUT2D eigenvalue weighted by molar-refractivity contribution is 6.34. The molecule has 4 nitrogen and oxygen atoms in total. The first kappa shape index (κ1) is 18.4. The van der Waals surface area contributed by atoms with Gasteiger partial charge in [0.1, 0.15) is 0 Å². The van der Waals surface area contributed by atoms with Gasteiger partial charge in [0.05, 0.1) is 11.4 Å². The number of benzene rings is 1. The van der Waals surface area contributed by atoms with Gasteiger partial charge in [0.2, 0.25) is 0 Å². The number of allylic oxidation sites excluding steroid dienone is 3. The van der Waals surface area contributed by atoms with E-state index in [0.717, 1.165) is 16.8 Å². The van der Waals surface area contributed by atoms with Crippen molar-refractivity contribution >= 4 is 12.0 Å². The molecular weight excluding hydrogens is 324 g/mol. The van der Waals surface area contributed by atoms with Crippen LogP contribution < -0.4 is 0 Å². The lowest BCUT2D eigenvalue weighted by atomic mass is 9.97. The summed E-state index contributed by atoms with van der Waals surface area (Å²) in [5.74, 6) is 0. The van der Waals surface area contributed by atoms with Gasteiger partial charge in [-0.15, -0.1) is 0 Å². The minimum atomic E-state index is -2.69. The van der Waals surface area contributed by atoms with Crippen LogP contribution in [-0.2, 0) is 18.3 Å². The molecule has 0 saturated carbocycles. The van der Waals surface area contributed by atoms with Crippen LogP contribution in [0, 0.1) is 0 Å². The summed E-state index contributed by atoms with van der Waals surface area (Å²) in [6.07, 6.45) is 1.28. The number of aromatic nitrogens is 2. The molecule has 1 aromatic carbocycles. The number of carbonyl (C=O) groups is 1. The number of rotatable bonds is 7. The summed E-state index contributed by atoms with van der Waals surface area (Å²) in [7, 11) is 3.27. The van der Waals surface area contributed by atoms with Crippen LogP contribution in [0.1, 0.15) is 5.56 Å². The third-order valence-corrected chi connectivity index (χ3v) is 3.73. The Morgan fingerprint density at radius 1 is 1.32 bits per heavy atom. The molecule has 0 bridgehead atoms. The summed E-state index contributed by atoms with van der Waals surface area (Å²) in [4.78, 5) is 14.7. The van der Waals surface area contributed by atoms with E-state index in [1.807, 2.05) is 43.6 Å². The highest BCUT2D eigenvalue weighted by Crippen LogP contribution is 2.23. The summed E-state index contributed by atoms with van der Waals surface area (Å²) in [6.45, 7) is 3.44. The van der Waals surface area contributed by atoms with Crippen LogP contribution in [0.2, 0.25) is 0 Å². The Bertz CT molecular complexity index is 817. The van der Waals surface area contributed by atoms with E-state index in [1.165, 1.54) is 13.1 Å². The summed E-state index contributed by atoms with van der Waals surface area (Å²) < 4.78 is 27.8. The lowest BCUT2D eigenvalue weighted by molar-refractivity contribution is -0.102. The Morgan fingerprint density at radius 3 is 2.48 bits per heavy atom. The largest absolute Gasteiger partial charge is 0.296 e. The average Bonchev–Trinajstić information content (AvgIpc) is 3.04. The molecular formula is C19H19F2N3O. The minimum absolute atomic E-state index is 0.0990. The van der Waals surface area contributed by atoms with E-state index in [0.29, 0.717) is 6.29 Å². The molecule has 0 atom stereocenters. The second-order valence-corrected chi connectivity index (χ2v) is 5.51. The number of alkyl halides is 2. The van der Waals surface area contributed by atoms with Crippen molar-refractivity contribution < 1.29 is 13.6 Å². The van der Waals surface area contributed by atoms with Gasteiger partial charge in [0, 0.05) is 31.4 Å². The predicted molar refractivity (Wildman–Crippen MR) is 95.0 cm³/mol. The van der Waals surface area contributed by atoms with Gasteiger partial charge in [-0.2, -0.15) is 5.10 Å². The van der Waals surface area contributed by atoms with Crippen molar-refractivity contribution in [3.8, 4) is 11.3 Å². The van der Waals surface area contributed by atoms with Crippen LogP contribution in [0.4, 0.5) is 8.78 Å². The molecule has 0 saturated heterocycles. The topological polar surface area (TPSA) is 47.2 Å². The molecule has 25 heavy (non-hydrogen) atoms. The molecule has 1 aromatic heterocycles. The van der Waals surface area contributed by atoms with Gasteiger partial charge in [0.15, 0.2) is 6.29 Å². The van der Waals surface area contributed by atoms with Gasteiger partial charge in [0.25, 0.3) is 6.43 Å². The van der Waals surface area contributed by atoms with Crippen molar-refractivity contribution in [1.82, 2.24) is 9.78 Å². The summed E-state index contributed by atoms with van der Waals surface area (Å²) in [6, 6.07) is 9.36. The number of aldehydes is 1. The van der Waals surface area contributed by atoms with E-state index in [2.05, 4.69) is 16.7 Å². The lowest BCUT2D eigenvalue weighted by Gasteiger charge is -2.11. The second-order valence-electron chi connectivity index (χ2n) is 5.51. The zero-order chi connectivity index (χ0) is 18.4. The molecule has 0 fully saturated rings. The molecule has 6 heteroatoms. The Labute approximate surface area is 145 Å².